The molecule has 0 atom stereocenters. The van der Waals surface area contributed by atoms with Gasteiger partial charge < -0.3 is 23.7 Å². The van der Waals surface area contributed by atoms with E-state index in [2.05, 4.69) is 4.99 Å². The van der Waals surface area contributed by atoms with Crippen molar-refractivity contribution in [1.82, 2.24) is 0 Å². The summed E-state index contributed by atoms with van der Waals surface area (Å²) in [6, 6.07) is 21.7. The Kier molecular flexibility index (Phi) is 6.12. The third-order valence-electron chi connectivity index (χ3n) is 5.60. The van der Waals surface area contributed by atoms with Gasteiger partial charge in [0.25, 0.3) is 0 Å². The number of hydrogen-bond acceptors (Lipinski definition) is 8. The molecule has 8 heteroatoms. The van der Waals surface area contributed by atoms with E-state index < -0.39 is 5.97 Å². The van der Waals surface area contributed by atoms with Crippen molar-refractivity contribution < 1.29 is 28.5 Å². The number of carbonyl (C=O) groups excluding carboxylic acids is 1. The number of carbonyl (C=O) groups is 1. The van der Waals surface area contributed by atoms with E-state index in [-0.39, 0.29) is 18.2 Å². The molecule has 36 heavy (non-hydrogen) atoms. The number of nitriles is 1. The van der Waals surface area contributed by atoms with Gasteiger partial charge >= 0.3 is 5.97 Å². The van der Waals surface area contributed by atoms with Crippen LogP contribution in [0.3, 0.4) is 0 Å². The van der Waals surface area contributed by atoms with Crippen molar-refractivity contribution in [3.8, 4) is 29.1 Å². The van der Waals surface area contributed by atoms with E-state index in [0.717, 1.165) is 0 Å². The largest absolute Gasteiger partial charge is 0.497 e. The highest BCUT2D eigenvalue weighted by molar-refractivity contribution is 6.15. The molecular weight excluding hydrogens is 460 g/mol. The number of ether oxygens (including phenoxy) is 5. The number of fused-ring (bicyclic) bond motifs is 1. The van der Waals surface area contributed by atoms with Gasteiger partial charge in [0.1, 0.15) is 23.3 Å². The number of para-hydroxylation sites is 1. The highest BCUT2D eigenvalue weighted by atomic mass is 16.6. The molecule has 0 aromatic heterocycles. The van der Waals surface area contributed by atoms with Gasteiger partial charge in [0, 0.05) is 22.3 Å². The fraction of sp³-hybridized carbons (Fsp3) is 0.107. The van der Waals surface area contributed by atoms with Crippen molar-refractivity contribution in [3.05, 3.63) is 95.2 Å². The van der Waals surface area contributed by atoms with E-state index in [9.17, 15) is 4.79 Å². The van der Waals surface area contributed by atoms with Crippen LogP contribution >= 0.6 is 0 Å². The van der Waals surface area contributed by atoms with Gasteiger partial charge in [0.05, 0.1) is 14.2 Å². The zero-order chi connectivity index (χ0) is 25.1. The van der Waals surface area contributed by atoms with Gasteiger partial charge in [-0.25, -0.2) is 9.79 Å². The molecule has 0 amide bonds. The summed E-state index contributed by atoms with van der Waals surface area (Å²) in [5.41, 5.74) is 2.81. The molecule has 3 aromatic rings. The minimum Gasteiger partial charge on any atom is -0.497 e. The topological polar surface area (TPSA) is 99.4 Å². The first-order chi connectivity index (χ1) is 17.6. The van der Waals surface area contributed by atoms with Crippen LogP contribution in [0, 0.1) is 11.3 Å². The second-order valence-electron chi connectivity index (χ2n) is 7.72. The molecule has 0 N–H and O–H groups in total. The second kappa shape index (κ2) is 9.68. The number of nitrogens with zero attached hydrogens (tertiary/aromatic N) is 2. The lowest BCUT2D eigenvalue weighted by Gasteiger charge is -2.21. The normalized spacial score (nSPS) is 16.1. The monoisotopic (exact) mass is 480 g/mol. The predicted octanol–water partition coefficient (Wildman–Crippen LogP) is 4.75. The molecule has 0 fully saturated rings. The molecule has 2 aliphatic heterocycles. The summed E-state index contributed by atoms with van der Waals surface area (Å²) in [5.74, 6) is 2.29. The molecule has 0 radical (unpaired) electrons. The van der Waals surface area contributed by atoms with Crippen LogP contribution in [-0.2, 0) is 9.53 Å². The van der Waals surface area contributed by atoms with E-state index in [1.165, 1.54) is 7.11 Å². The summed E-state index contributed by atoms with van der Waals surface area (Å²) in [5, 5.41) is 8.81. The molecule has 8 nitrogen and oxygen atoms in total. The number of cyclic esters (lactones) is 1. The molecule has 2 heterocycles. The molecule has 0 bridgehead atoms. The third kappa shape index (κ3) is 4.26. The molecule has 5 rings (SSSR count). The van der Waals surface area contributed by atoms with Crippen molar-refractivity contribution in [2.45, 2.75) is 0 Å². The van der Waals surface area contributed by atoms with E-state index in [4.69, 9.17) is 28.9 Å². The number of aliphatic imine (C=N–C) groups is 1. The Morgan fingerprint density at radius 1 is 0.917 bits per heavy atom. The Bertz CT molecular complexity index is 1480. The molecular formula is C28H20N2O6. The van der Waals surface area contributed by atoms with Crippen LogP contribution in [-0.4, -0.2) is 32.7 Å². The van der Waals surface area contributed by atoms with Crippen LogP contribution in [0.2, 0.25) is 0 Å². The van der Waals surface area contributed by atoms with Gasteiger partial charge in [0.15, 0.2) is 23.8 Å². The van der Waals surface area contributed by atoms with Crippen molar-refractivity contribution in [1.29, 1.82) is 5.26 Å². The highest BCUT2D eigenvalue weighted by Crippen LogP contribution is 2.41. The average molecular weight is 480 g/mol. The fourth-order valence-electron chi connectivity index (χ4n) is 3.86. The smallest absolute Gasteiger partial charge is 0.364 e. The van der Waals surface area contributed by atoms with Crippen LogP contribution in [0.5, 0.6) is 23.0 Å². The van der Waals surface area contributed by atoms with E-state index in [1.807, 2.05) is 30.3 Å². The fourth-order valence-corrected chi connectivity index (χ4v) is 3.86. The zero-order valence-corrected chi connectivity index (χ0v) is 19.5. The summed E-state index contributed by atoms with van der Waals surface area (Å²) in [6.45, 7) is -0.102. The molecule has 0 spiro atoms. The maximum atomic E-state index is 12.9. The Morgan fingerprint density at radius 3 is 2.44 bits per heavy atom. The van der Waals surface area contributed by atoms with Gasteiger partial charge in [-0.1, -0.05) is 18.2 Å². The highest BCUT2D eigenvalue weighted by Gasteiger charge is 2.31. The molecule has 0 saturated carbocycles. The number of rotatable bonds is 6. The van der Waals surface area contributed by atoms with Crippen molar-refractivity contribution in [2.75, 3.05) is 20.8 Å². The lowest BCUT2D eigenvalue weighted by atomic mass is 9.97. The maximum absolute atomic E-state index is 12.9. The van der Waals surface area contributed by atoms with Crippen LogP contribution in [0.1, 0.15) is 16.7 Å². The SMILES string of the molecule is COc1ccc(C2=NC(=C3C=C(c4ccc(OCC#N)c(OC)c4)Oc4ccccc43)C(=O)O2)cc1. The van der Waals surface area contributed by atoms with Crippen LogP contribution < -0.4 is 18.9 Å². The molecule has 0 saturated heterocycles. The van der Waals surface area contributed by atoms with Gasteiger partial charge in [-0.05, 0) is 54.6 Å². The van der Waals surface area contributed by atoms with E-state index >= 15 is 0 Å². The molecule has 2 aliphatic rings. The number of esters is 1. The van der Waals surface area contributed by atoms with Gasteiger partial charge in [-0.15, -0.1) is 0 Å². The van der Waals surface area contributed by atoms with Gasteiger partial charge in [-0.3, -0.25) is 0 Å². The Hall–Kier alpha value is -5.03. The summed E-state index contributed by atoms with van der Waals surface area (Å²) in [4.78, 5) is 17.5. The third-order valence-corrected chi connectivity index (χ3v) is 5.60. The van der Waals surface area contributed by atoms with Crippen molar-refractivity contribution >= 4 is 23.2 Å². The lowest BCUT2D eigenvalue weighted by molar-refractivity contribution is -0.129. The predicted molar refractivity (Wildman–Crippen MR) is 132 cm³/mol. The quantitative estimate of drug-likeness (QED) is 0.371. The number of hydrogen-bond donors (Lipinski definition) is 0. The first-order valence-corrected chi connectivity index (χ1v) is 11.0. The van der Waals surface area contributed by atoms with Crippen LogP contribution in [0.15, 0.2) is 83.5 Å². The maximum Gasteiger partial charge on any atom is 0.364 e. The van der Waals surface area contributed by atoms with E-state index in [1.54, 1.807) is 55.7 Å². The first-order valence-electron chi connectivity index (χ1n) is 11.0. The average Bonchev–Trinajstić information content (AvgIpc) is 3.32. The minimum absolute atomic E-state index is 0.102. The first kappa shape index (κ1) is 22.7. The summed E-state index contributed by atoms with van der Waals surface area (Å²) < 4.78 is 27.7. The molecule has 0 aliphatic carbocycles. The lowest BCUT2D eigenvalue weighted by Crippen LogP contribution is -2.08. The number of methoxy groups -OCH3 is 2. The standard InChI is InChI=1S/C28H20N2O6/c1-32-19-10-7-17(8-11-19)27-30-26(28(31)36-27)21-16-24(35-22-6-4-3-5-20(21)22)18-9-12-23(34-14-13-29)25(15-18)33-2/h3-12,15-16H,14H2,1-2H3. The summed E-state index contributed by atoms with van der Waals surface area (Å²) in [7, 11) is 3.10. The second-order valence-corrected chi connectivity index (χ2v) is 7.72. The zero-order valence-electron chi connectivity index (χ0n) is 19.5. The van der Waals surface area contributed by atoms with E-state index in [0.29, 0.717) is 51.0 Å². The van der Waals surface area contributed by atoms with Gasteiger partial charge in [-0.2, -0.15) is 5.26 Å². The number of allylic oxidation sites excluding steroid dienone is 2. The molecule has 3 aromatic carbocycles. The molecule has 0 unspecified atom stereocenters. The Morgan fingerprint density at radius 2 is 1.69 bits per heavy atom. The summed E-state index contributed by atoms with van der Waals surface area (Å²) >= 11 is 0. The molecule has 178 valence electrons. The Balaban J connectivity index is 1.60. The minimum atomic E-state index is -0.555. The van der Waals surface area contributed by atoms with Gasteiger partial charge in [0.2, 0.25) is 5.90 Å². The Labute approximate surface area is 207 Å². The van der Waals surface area contributed by atoms with Crippen LogP contribution in [0.25, 0.3) is 11.3 Å². The summed E-state index contributed by atoms with van der Waals surface area (Å²) in [6.07, 6.45) is 1.75. The van der Waals surface area contributed by atoms with Crippen molar-refractivity contribution in [2.24, 2.45) is 4.99 Å². The number of benzene rings is 3. The van der Waals surface area contributed by atoms with Crippen LogP contribution in [0.4, 0.5) is 0 Å². The van der Waals surface area contributed by atoms with Crippen molar-refractivity contribution in [3.63, 3.8) is 0 Å².